The molecule has 8 nitrogen and oxygen atoms in total. The van der Waals surface area contributed by atoms with Crippen LogP contribution in [0.25, 0.3) is 5.69 Å². The van der Waals surface area contributed by atoms with Gasteiger partial charge in [0.05, 0.1) is 11.1 Å². The van der Waals surface area contributed by atoms with Crippen molar-refractivity contribution in [3.05, 3.63) is 71.0 Å². The van der Waals surface area contributed by atoms with Crippen LogP contribution in [0.5, 0.6) is 0 Å². The number of amides is 2. The van der Waals surface area contributed by atoms with Crippen molar-refractivity contribution in [3.8, 4) is 5.69 Å². The van der Waals surface area contributed by atoms with Gasteiger partial charge in [-0.15, -0.1) is 5.10 Å². The summed E-state index contributed by atoms with van der Waals surface area (Å²) in [5.41, 5.74) is 6.50. The largest absolute Gasteiger partial charge is 0.272 e. The first kappa shape index (κ1) is 20.0. The third kappa shape index (κ3) is 4.04. The summed E-state index contributed by atoms with van der Waals surface area (Å²) in [6, 6.07) is 14.1. The fourth-order valence-electron chi connectivity index (χ4n) is 3.94. The van der Waals surface area contributed by atoms with Gasteiger partial charge < -0.3 is 0 Å². The van der Waals surface area contributed by atoms with Crippen LogP contribution >= 0.6 is 11.6 Å². The Hall–Kier alpha value is -3.26. The average molecular weight is 425 g/mol. The Morgan fingerprint density at radius 3 is 2.43 bits per heavy atom. The van der Waals surface area contributed by atoms with E-state index in [0.29, 0.717) is 10.6 Å². The summed E-state index contributed by atoms with van der Waals surface area (Å²) in [6.45, 7) is 0. The van der Waals surface area contributed by atoms with Crippen LogP contribution in [-0.2, 0) is 10.2 Å². The summed E-state index contributed by atoms with van der Waals surface area (Å²) in [7, 11) is 0. The van der Waals surface area contributed by atoms with Gasteiger partial charge in [-0.2, -0.15) is 0 Å². The Morgan fingerprint density at radius 2 is 1.77 bits per heavy atom. The zero-order valence-corrected chi connectivity index (χ0v) is 17.0. The summed E-state index contributed by atoms with van der Waals surface area (Å²) >= 11 is 6.17. The van der Waals surface area contributed by atoms with Crippen LogP contribution in [0.4, 0.5) is 0 Å². The molecule has 0 aliphatic heterocycles. The molecule has 0 unspecified atom stereocenters. The number of hydrogen-bond donors (Lipinski definition) is 2. The summed E-state index contributed by atoms with van der Waals surface area (Å²) in [4.78, 5) is 25.7. The van der Waals surface area contributed by atoms with E-state index in [1.54, 1.807) is 30.3 Å². The van der Waals surface area contributed by atoms with E-state index in [0.717, 1.165) is 43.4 Å². The predicted octanol–water partition coefficient (Wildman–Crippen LogP) is 2.98. The molecule has 0 atom stereocenters. The number of benzene rings is 2. The lowest BCUT2D eigenvalue weighted by atomic mass is 9.69. The molecule has 1 heterocycles. The standard InChI is InChI=1S/C21H21ClN6O2/c22-17-6-4-5-16(13-17)21(11-2-1-3-12-21)20(30)25-24-19(29)15-7-9-18(10-8-15)28-14-23-26-27-28/h4-10,13-14H,1-3,11-12H2,(H,24,29)(H,25,30). The van der Waals surface area contributed by atoms with E-state index in [1.165, 1.54) is 11.0 Å². The predicted molar refractivity (Wildman–Crippen MR) is 111 cm³/mol. The van der Waals surface area contributed by atoms with Gasteiger partial charge in [0.25, 0.3) is 5.91 Å². The Kier molecular flexibility index (Phi) is 5.76. The van der Waals surface area contributed by atoms with Crippen molar-refractivity contribution in [2.45, 2.75) is 37.5 Å². The first-order valence-corrected chi connectivity index (χ1v) is 10.2. The van der Waals surface area contributed by atoms with E-state index in [4.69, 9.17) is 11.6 Å². The molecule has 3 aromatic rings. The van der Waals surface area contributed by atoms with Gasteiger partial charge in [0.15, 0.2) is 0 Å². The molecule has 30 heavy (non-hydrogen) atoms. The Balaban J connectivity index is 1.46. The second-order valence-electron chi connectivity index (χ2n) is 7.36. The van der Waals surface area contributed by atoms with E-state index in [1.807, 2.05) is 18.2 Å². The molecule has 1 aliphatic carbocycles. The molecule has 1 aromatic heterocycles. The lowest BCUT2D eigenvalue weighted by molar-refractivity contribution is -0.128. The molecule has 0 bridgehead atoms. The highest BCUT2D eigenvalue weighted by Crippen LogP contribution is 2.40. The maximum Gasteiger partial charge on any atom is 0.269 e. The van der Waals surface area contributed by atoms with E-state index in [-0.39, 0.29) is 5.91 Å². The van der Waals surface area contributed by atoms with E-state index >= 15 is 0 Å². The summed E-state index contributed by atoms with van der Waals surface area (Å²) in [6.07, 6.45) is 5.90. The molecular formula is C21H21ClN6O2. The molecule has 4 rings (SSSR count). The molecule has 0 spiro atoms. The van der Waals surface area contributed by atoms with E-state index in [9.17, 15) is 9.59 Å². The highest BCUT2D eigenvalue weighted by atomic mass is 35.5. The van der Waals surface area contributed by atoms with Gasteiger partial charge in [0, 0.05) is 10.6 Å². The molecule has 0 saturated heterocycles. The number of halogens is 1. The van der Waals surface area contributed by atoms with Crippen molar-refractivity contribution in [1.29, 1.82) is 0 Å². The van der Waals surface area contributed by atoms with Gasteiger partial charge >= 0.3 is 0 Å². The van der Waals surface area contributed by atoms with Crippen molar-refractivity contribution in [2.24, 2.45) is 0 Å². The number of tetrazole rings is 1. The topological polar surface area (TPSA) is 102 Å². The van der Waals surface area contributed by atoms with Crippen molar-refractivity contribution < 1.29 is 9.59 Å². The smallest absolute Gasteiger partial charge is 0.269 e. The lowest BCUT2D eigenvalue weighted by Gasteiger charge is -2.36. The molecule has 154 valence electrons. The summed E-state index contributed by atoms with van der Waals surface area (Å²) < 4.78 is 1.49. The highest BCUT2D eigenvalue weighted by molar-refractivity contribution is 6.30. The van der Waals surface area contributed by atoms with Gasteiger partial charge in [-0.1, -0.05) is 43.0 Å². The number of aromatic nitrogens is 4. The highest BCUT2D eigenvalue weighted by Gasteiger charge is 2.41. The molecule has 1 fully saturated rings. The number of carbonyl (C=O) groups is 2. The van der Waals surface area contributed by atoms with Crippen LogP contribution in [0.2, 0.25) is 5.02 Å². The Bertz CT molecular complexity index is 1030. The first-order valence-electron chi connectivity index (χ1n) is 9.79. The zero-order chi connectivity index (χ0) is 21.0. The van der Waals surface area contributed by atoms with Crippen LogP contribution in [-0.4, -0.2) is 32.0 Å². The van der Waals surface area contributed by atoms with Crippen molar-refractivity contribution in [2.75, 3.05) is 0 Å². The number of nitrogens with zero attached hydrogens (tertiary/aromatic N) is 4. The number of hydrogen-bond acceptors (Lipinski definition) is 5. The van der Waals surface area contributed by atoms with Gasteiger partial charge in [0.2, 0.25) is 5.91 Å². The number of carbonyl (C=O) groups excluding carboxylic acids is 2. The Labute approximate surface area is 178 Å². The number of hydrazine groups is 1. The minimum Gasteiger partial charge on any atom is -0.272 e. The van der Waals surface area contributed by atoms with Crippen molar-refractivity contribution in [3.63, 3.8) is 0 Å². The molecule has 2 amide bonds. The quantitative estimate of drug-likeness (QED) is 0.627. The fraction of sp³-hybridized carbons (Fsp3) is 0.286. The second-order valence-corrected chi connectivity index (χ2v) is 7.80. The fourth-order valence-corrected chi connectivity index (χ4v) is 4.13. The van der Waals surface area contributed by atoms with Gasteiger partial charge in [-0.25, -0.2) is 4.68 Å². The lowest BCUT2D eigenvalue weighted by Crippen LogP contribution is -2.52. The van der Waals surface area contributed by atoms with Crippen LogP contribution in [0.15, 0.2) is 54.9 Å². The van der Waals surface area contributed by atoms with Crippen LogP contribution in [0.1, 0.15) is 48.0 Å². The number of nitrogens with one attached hydrogen (secondary N) is 2. The zero-order valence-electron chi connectivity index (χ0n) is 16.2. The first-order chi connectivity index (χ1) is 14.6. The van der Waals surface area contributed by atoms with Crippen LogP contribution in [0, 0.1) is 0 Å². The molecular weight excluding hydrogens is 404 g/mol. The molecule has 1 aliphatic rings. The molecule has 2 N–H and O–H groups in total. The maximum atomic E-state index is 13.2. The van der Waals surface area contributed by atoms with Crippen LogP contribution in [0.3, 0.4) is 0 Å². The molecule has 1 saturated carbocycles. The summed E-state index contributed by atoms with van der Waals surface area (Å²) in [5.74, 6) is -0.619. The van der Waals surface area contributed by atoms with Crippen molar-refractivity contribution in [1.82, 2.24) is 31.1 Å². The van der Waals surface area contributed by atoms with E-state index < -0.39 is 11.3 Å². The minimum absolute atomic E-state index is 0.219. The van der Waals surface area contributed by atoms with Crippen LogP contribution < -0.4 is 10.9 Å². The SMILES string of the molecule is O=C(NNC(=O)C1(c2cccc(Cl)c2)CCCCC1)c1ccc(-n2cnnn2)cc1. The maximum absolute atomic E-state index is 13.2. The third-order valence-electron chi connectivity index (χ3n) is 5.55. The third-order valence-corrected chi connectivity index (χ3v) is 5.79. The normalized spacial score (nSPS) is 15.4. The van der Waals surface area contributed by atoms with Gasteiger partial charge in [-0.05, 0) is 65.2 Å². The van der Waals surface area contributed by atoms with E-state index in [2.05, 4.69) is 26.4 Å². The second kappa shape index (κ2) is 8.62. The molecule has 2 aromatic carbocycles. The number of rotatable bonds is 4. The van der Waals surface area contributed by atoms with Crippen molar-refractivity contribution >= 4 is 23.4 Å². The monoisotopic (exact) mass is 424 g/mol. The molecule has 9 heteroatoms. The molecule has 0 radical (unpaired) electrons. The minimum atomic E-state index is -0.694. The Morgan fingerprint density at radius 1 is 1.00 bits per heavy atom. The van der Waals surface area contributed by atoms with Gasteiger partial charge in [0.1, 0.15) is 6.33 Å². The van der Waals surface area contributed by atoms with Gasteiger partial charge in [-0.3, -0.25) is 20.4 Å². The average Bonchev–Trinajstić information content (AvgIpc) is 3.33. The summed E-state index contributed by atoms with van der Waals surface area (Å²) in [5, 5.41) is 11.6.